The lowest BCUT2D eigenvalue weighted by Crippen LogP contribution is -2.12. The second-order valence-corrected chi connectivity index (χ2v) is 5.58. The van der Waals surface area contributed by atoms with E-state index in [2.05, 4.69) is 10.3 Å². The van der Waals surface area contributed by atoms with Crippen molar-refractivity contribution in [2.75, 3.05) is 5.32 Å². The van der Waals surface area contributed by atoms with Gasteiger partial charge >= 0.3 is 0 Å². The SMILES string of the molecule is O=C(Nc1nc(-c2cccs2)cs1)C1CC1. The third-order valence-electron chi connectivity index (χ3n) is 2.46. The number of carbonyl (C=O) groups is 1. The van der Waals surface area contributed by atoms with Gasteiger partial charge in [0, 0.05) is 11.3 Å². The third kappa shape index (κ3) is 2.01. The number of anilines is 1. The van der Waals surface area contributed by atoms with Crippen LogP contribution in [0.5, 0.6) is 0 Å². The molecule has 16 heavy (non-hydrogen) atoms. The minimum absolute atomic E-state index is 0.118. The maximum atomic E-state index is 11.5. The first-order chi connectivity index (χ1) is 7.83. The molecule has 0 aromatic carbocycles. The van der Waals surface area contributed by atoms with Crippen molar-refractivity contribution < 1.29 is 4.79 Å². The van der Waals surface area contributed by atoms with E-state index in [1.54, 1.807) is 11.3 Å². The summed E-state index contributed by atoms with van der Waals surface area (Å²) < 4.78 is 0. The molecule has 1 aliphatic carbocycles. The average Bonchev–Trinajstić information content (AvgIpc) is 2.80. The Morgan fingerprint density at radius 2 is 2.31 bits per heavy atom. The zero-order chi connectivity index (χ0) is 11.0. The molecule has 0 aliphatic heterocycles. The van der Waals surface area contributed by atoms with Crippen LogP contribution in [0.25, 0.3) is 10.6 Å². The number of nitrogens with one attached hydrogen (secondary N) is 1. The number of hydrogen-bond acceptors (Lipinski definition) is 4. The van der Waals surface area contributed by atoms with E-state index in [4.69, 9.17) is 0 Å². The molecule has 1 amide bonds. The standard InChI is InChI=1S/C11H10N2OS2/c14-10(7-3-4-7)13-11-12-8(6-16-11)9-2-1-5-15-9/h1-2,5-7H,3-4H2,(H,12,13,14). The fourth-order valence-electron chi connectivity index (χ4n) is 1.42. The highest BCUT2D eigenvalue weighted by Gasteiger charge is 2.30. The average molecular weight is 250 g/mol. The summed E-state index contributed by atoms with van der Waals surface area (Å²) in [7, 11) is 0. The van der Waals surface area contributed by atoms with Crippen molar-refractivity contribution in [1.82, 2.24) is 4.98 Å². The van der Waals surface area contributed by atoms with E-state index >= 15 is 0 Å². The van der Waals surface area contributed by atoms with E-state index in [0.717, 1.165) is 23.4 Å². The van der Waals surface area contributed by atoms with E-state index in [1.165, 1.54) is 11.3 Å². The van der Waals surface area contributed by atoms with Gasteiger partial charge in [0.05, 0.1) is 10.6 Å². The summed E-state index contributed by atoms with van der Waals surface area (Å²) in [4.78, 5) is 17.1. The van der Waals surface area contributed by atoms with Crippen LogP contribution in [0.2, 0.25) is 0 Å². The first-order valence-electron chi connectivity index (χ1n) is 5.13. The largest absolute Gasteiger partial charge is 0.302 e. The van der Waals surface area contributed by atoms with Crippen molar-refractivity contribution in [1.29, 1.82) is 0 Å². The van der Waals surface area contributed by atoms with E-state index in [1.807, 2.05) is 22.9 Å². The second kappa shape index (κ2) is 3.99. The Kier molecular flexibility index (Phi) is 2.49. The molecule has 2 aromatic rings. The number of hydrogen-bond donors (Lipinski definition) is 1. The molecule has 0 unspecified atom stereocenters. The van der Waals surface area contributed by atoms with Crippen LogP contribution in [0.3, 0.4) is 0 Å². The van der Waals surface area contributed by atoms with Crippen LogP contribution in [0.15, 0.2) is 22.9 Å². The smallest absolute Gasteiger partial charge is 0.229 e. The number of rotatable bonds is 3. The molecule has 0 radical (unpaired) electrons. The minimum atomic E-state index is 0.118. The maximum Gasteiger partial charge on any atom is 0.229 e. The first-order valence-corrected chi connectivity index (χ1v) is 6.89. The fourth-order valence-corrected chi connectivity index (χ4v) is 2.90. The van der Waals surface area contributed by atoms with Crippen molar-refractivity contribution in [2.45, 2.75) is 12.8 Å². The molecule has 0 spiro atoms. The Labute approximate surface area is 101 Å². The van der Waals surface area contributed by atoms with Crippen LogP contribution in [0.4, 0.5) is 5.13 Å². The van der Waals surface area contributed by atoms with Gasteiger partial charge in [0.15, 0.2) is 5.13 Å². The summed E-state index contributed by atoms with van der Waals surface area (Å²) in [6.07, 6.45) is 2.05. The van der Waals surface area contributed by atoms with Gasteiger partial charge in [0.2, 0.25) is 5.91 Å². The Bertz CT molecular complexity index is 500. The lowest BCUT2D eigenvalue weighted by atomic mass is 10.4. The zero-order valence-corrected chi connectivity index (χ0v) is 10.1. The van der Waals surface area contributed by atoms with E-state index in [9.17, 15) is 4.79 Å². The Hall–Kier alpha value is -1.20. The first kappa shape index (κ1) is 9.99. The summed E-state index contributed by atoms with van der Waals surface area (Å²) in [5.74, 6) is 0.348. The van der Waals surface area contributed by atoms with Gasteiger partial charge in [-0.15, -0.1) is 22.7 Å². The van der Waals surface area contributed by atoms with Gasteiger partial charge in [0.1, 0.15) is 0 Å². The summed E-state index contributed by atoms with van der Waals surface area (Å²) in [5.41, 5.74) is 0.950. The molecule has 0 atom stereocenters. The number of thiophene rings is 1. The number of carbonyl (C=O) groups excluding carboxylic acids is 1. The summed E-state index contributed by atoms with van der Waals surface area (Å²) in [6.45, 7) is 0. The highest BCUT2D eigenvalue weighted by atomic mass is 32.1. The van der Waals surface area contributed by atoms with Gasteiger partial charge in [0.25, 0.3) is 0 Å². The Morgan fingerprint density at radius 1 is 1.44 bits per heavy atom. The fraction of sp³-hybridized carbons (Fsp3) is 0.273. The van der Waals surface area contributed by atoms with Crippen LogP contribution in [0.1, 0.15) is 12.8 Å². The minimum Gasteiger partial charge on any atom is -0.302 e. The predicted molar refractivity (Wildman–Crippen MR) is 66.8 cm³/mol. The van der Waals surface area contributed by atoms with Crippen molar-refractivity contribution in [3.8, 4) is 10.6 Å². The van der Waals surface area contributed by atoms with Gasteiger partial charge in [-0.1, -0.05) is 6.07 Å². The molecule has 82 valence electrons. The van der Waals surface area contributed by atoms with Crippen molar-refractivity contribution in [3.63, 3.8) is 0 Å². The molecule has 3 nitrogen and oxygen atoms in total. The molecule has 1 N–H and O–H groups in total. The van der Waals surface area contributed by atoms with Gasteiger partial charge in [-0.05, 0) is 24.3 Å². The molecule has 2 aromatic heterocycles. The number of aromatic nitrogens is 1. The van der Waals surface area contributed by atoms with Crippen molar-refractivity contribution in [2.24, 2.45) is 5.92 Å². The van der Waals surface area contributed by atoms with Gasteiger partial charge < -0.3 is 5.32 Å². The molecular weight excluding hydrogens is 240 g/mol. The molecule has 0 saturated heterocycles. The lowest BCUT2D eigenvalue weighted by Gasteiger charge is -1.97. The molecule has 3 rings (SSSR count). The van der Waals surface area contributed by atoms with Gasteiger partial charge in [-0.2, -0.15) is 0 Å². The summed E-state index contributed by atoms with van der Waals surface area (Å²) >= 11 is 3.14. The number of nitrogens with zero attached hydrogens (tertiary/aromatic N) is 1. The molecule has 5 heteroatoms. The highest BCUT2D eigenvalue weighted by Crippen LogP contribution is 2.32. The molecule has 0 bridgehead atoms. The lowest BCUT2D eigenvalue weighted by molar-refractivity contribution is -0.117. The molecule has 1 aliphatic rings. The van der Waals surface area contributed by atoms with Crippen LogP contribution in [-0.2, 0) is 4.79 Å². The van der Waals surface area contributed by atoms with Crippen molar-refractivity contribution in [3.05, 3.63) is 22.9 Å². The van der Waals surface area contributed by atoms with Crippen LogP contribution < -0.4 is 5.32 Å². The van der Waals surface area contributed by atoms with E-state index in [0.29, 0.717) is 5.13 Å². The van der Waals surface area contributed by atoms with Crippen LogP contribution in [0, 0.1) is 5.92 Å². The summed E-state index contributed by atoms with van der Waals surface area (Å²) in [5, 5.41) is 7.57. The summed E-state index contributed by atoms with van der Waals surface area (Å²) in [6, 6.07) is 4.04. The second-order valence-electron chi connectivity index (χ2n) is 3.78. The van der Waals surface area contributed by atoms with E-state index < -0.39 is 0 Å². The van der Waals surface area contributed by atoms with Gasteiger partial charge in [-0.3, -0.25) is 4.79 Å². The van der Waals surface area contributed by atoms with Gasteiger partial charge in [-0.25, -0.2) is 4.98 Å². The Morgan fingerprint density at radius 3 is 3.00 bits per heavy atom. The van der Waals surface area contributed by atoms with E-state index in [-0.39, 0.29) is 11.8 Å². The Balaban J connectivity index is 1.75. The molecule has 1 saturated carbocycles. The number of amides is 1. The van der Waals surface area contributed by atoms with Crippen molar-refractivity contribution >= 4 is 33.7 Å². The van der Waals surface area contributed by atoms with Crippen LogP contribution >= 0.6 is 22.7 Å². The topological polar surface area (TPSA) is 42.0 Å². The quantitative estimate of drug-likeness (QED) is 0.908. The maximum absolute atomic E-state index is 11.5. The normalized spacial score (nSPS) is 15.0. The molecular formula is C11H10N2OS2. The number of thiazole rings is 1. The predicted octanol–water partition coefficient (Wildman–Crippen LogP) is 3.22. The molecule has 1 fully saturated rings. The van der Waals surface area contributed by atoms with Crippen LogP contribution in [-0.4, -0.2) is 10.9 Å². The third-order valence-corrected chi connectivity index (χ3v) is 4.11. The monoisotopic (exact) mass is 250 g/mol. The molecule has 2 heterocycles. The zero-order valence-electron chi connectivity index (χ0n) is 8.47. The highest BCUT2D eigenvalue weighted by molar-refractivity contribution is 7.16.